The molecule has 4 heteroatoms. The first-order valence-corrected chi connectivity index (χ1v) is 4.74. The van der Waals surface area contributed by atoms with Crippen LogP contribution in [-0.4, -0.2) is 30.6 Å². The molecule has 80 valence electrons. The van der Waals surface area contributed by atoms with Crippen LogP contribution >= 0.6 is 0 Å². The van der Waals surface area contributed by atoms with Crippen LogP contribution in [0.1, 0.15) is 24.3 Å². The highest BCUT2D eigenvalue weighted by Gasteiger charge is 2.11. The van der Waals surface area contributed by atoms with Gasteiger partial charge in [-0.15, -0.1) is 0 Å². The highest BCUT2D eigenvalue weighted by Crippen LogP contribution is 2.19. The van der Waals surface area contributed by atoms with Crippen molar-refractivity contribution in [3.63, 3.8) is 0 Å². The van der Waals surface area contributed by atoms with Crippen molar-refractivity contribution in [1.29, 1.82) is 0 Å². The Morgan fingerprint density at radius 2 is 2.21 bits per heavy atom. The van der Waals surface area contributed by atoms with Crippen LogP contribution in [0.2, 0.25) is 0 Å². The molecule has 1 aromatic rings. The lowest BCUT2D eigenvalue weighted by molar-refractivity contribution is 0.119. The minimum absolute atomic E-state index is 0.103. The van der Waals surface area contributed by atoms with Gasteiger partial charge in [0.05, 0.1) is 25.5 Å². The Morgan fingerprint density at radius 1 is 1.50 bits per heavy atom. The maximum Gasteiger partial charge on any atom is 0.0826 e. The molecule has 0 bridgehead atoms. The van der Waals surface area contributed by atoms with Crippen LogP contribution in [0.15, 0.2) is 6.20 Å². The number of nitrogens with zero attached hydrogens (tertiary/aromatic N) is 2. The maximum absolute atomic E-state index is 5.25. The monoisotopic (exact) mass is 198 g/mol. The van der Waals surface area contributed by atoms with Crippen molar-refractivity contribution in [3.8, 4) is 0 Å². The molecule has 0 aliphatic rings. The highest BCUT2D eigenvalue weighted by atomic mass is 16.5. The van der Waals surface area contributed by atoms with Crippen molar-refractivity contribution in [2.45, 2.75) is 26.5 Å². The number of rotatable bonds is 5. The highest BCUT2D eigenvalue weighted by molar-refractivity contribution is 5.18. The molecule has 0 saturated carbocycles. The third-order valence-electron chi connectivity index (χ3n) is 2.44. The summed E-state index contributed by atoms with van der Waals surface area (Å²) in [5.74, 6) is 0. The molecule has 0 N–H and O–H groups in total. The van der Waals surface area contributed by atoms with Crippen molar-refractivity contribution >= 4 is 0 Å². The first-order chi connectivity index (χ1) is 6.70. The van der Waals surface area contributed by atoms with E-state index in [2.05, 4.69) is 5.10 Å². The van der Waals surface area contributed by atoms with Gasteiger partial charge < -0.3 is 9.47 Å². The summed E-state index contributed by atoms with van der Waals surface area (Å²) in [5.41, 5.74) is 2.29. The Hall–Kier alpha value is -0.870. The van der Waals surface area contributed by atoms with Crippen LogP contribution in [0.5, 0.6) is 0 Å². The predicted molar refractivity (Wildman–Crippen MR) is 54.3 cm³/mol. The van der Waals surface area contributed by atoms with E-state index in [-0.39, 0.29) is 6.10 Å². The first-order valence-electron chi connectivity index (χ1n) is 4.74. The van der Waals surface area contributed by atoms with Gasteiger partial charge in [0.25, 0.3) is 0 Å². The quantitative estimate of drug-likeness (QED) is 0.720. The molecule has 0 unspecified atom stereocenters. The molecular weight excluding hydrogens is 180 g/mol. The normalized spacial score (nSPS) is 13.1. The van der Waals surface area contributed by atoms with E-state index in [1.165, 1.54) is 0 Å². The molecule has 14 heavy (non-hydrogen) atoms. The van der Waals surface area contributed by atoms with Crippen LogP contribution in [0.4, 0.5) is 0 Å². The molecule has 1 aromatic heterocycles. The van der Waals surface area contributed by atoms with Crippen molar-refractivity contribution in [2.75, 3.05) is 20.8 Å². The molecule has 0 radical (unpaired) electrons. The van der Waals surface area contributed by atoms with E-state index >= 15 is 0 Å². The Bertz CT molecular complexity index is 284. The minimum atomic E-state index is 0.103. The van der Waals surface area contributed by atoms with Crippen LogP contribution in [0.25, 0.3) is 0 Å². The number of hydrogen-bond acceptors (Lipinski definition) is 3. The summed E-state index contributed by atoms with van der Waals surface area (Å²) in [6.45, 7) is 5.54. The zero-order chi connectivity index (χ0) is 10.6. The van der Waals surface area contributed by atoms with E-state index in [0.717, 1.165) is 17.8 Å². The summed E-state index contributed by atoms with van der Waals surface area (Å²) in [6, 6.07) is 0. The van der Waals surface area contributed by atoms with Gasteiger partial charge >= 0.3 is 0 Å². The molecule has 0 amide bonds. The van der Waals surface area contributed by atoms with Gasteiger partial charge in [0.1, 0.15) is 0 Å². The third kappa shape index (κ3) is 2.33. The Balaban J connectivity index is 2.74. The second-order valence-corrected chi connectivity index (χ2v) is 3.28. The second-order valence-electron chi connectivity index (χ2n) is 3.28. The lowest BCUT2D eigenvalue weighted by atomic mass is 10.2. The van der Waals surface area contributed by atoms with E-state index < -0.39 is 0 Å². The molecule has 1 rings (SSSR count). The van der Waals surface area contributed by atoms with Gasteiger partial charge in [-0.3, -0.25) is 4.68 Å². The third-order valence-corrected chi connectivity index (χ3v) is 2.44. The van der Waals surface area contributed by atoms with Gasteiger partial charge in [-0.2, -0.15) is 5.10 Å². The van der Waals surface area contributed by atoms with Gasteiger partial charge in [0, 0.05) is 25.5 Å². The molecule has 1 atom stereocenters. The molecule has 0 fully saturated rings. The second kappa shape index (κ2) is 5.12. The largest absolute Gasteiger partial charge is 0.383 e. The molecular formula is C10H18N2O2. The molecule has 0 spiro atoms. The van der Waals surface area contributed by atoms with Crippen molar-refractivity contribution in [3.05, 3.63) is 17.5 Å². The van der Waals surface area contributed by atoms with Crippen molar-refractivity contribution in [1.82, 2.24) is 9.78 Å². The van der Waals surface area contributed by atoms with Crippen LogP contribution in [-0.2, 0) is 16.0 Å². The number of methoxy groups -OCH3 is 2. The smallest absolute Gasteiger partial charge is 0.0826 e. The molecule has 0 aliphatic heterocycles. The van der Waals surface area contributed by atoms with Gasteiger partial charge in [-0.05, 0) is 13.8 Å². The summed E-state index contributed by atoms with van der Waals surface area (Å²) >= 11 is 0. The Morgan fingerprint density at radius 3 is 2.79 bits per heavy atom. The fraction of sp³-hybridized carbons (Fsp3) is 0.700. The fourth-order valence-corrected chi connectivity index (χ4v) is 1.39. The zero-order valence-electron chi connectivity index (χ0n) is 9.28. The van der Waals surface area contributed by atoms with Gasteiger partial charge in [-0.25, -0.2) is 0 Å². The number of aromatic nitrogens is 2. The molecule has 0 saturated heterocycles. The molecule has 4 nitrogen and oxygen atoms in total. The summed E-state index contributed by atoms with van der Waals surface area (Å²) in [5, 5.41) is 4.28. The summed E-state index contributed by atoms with van der Waals surface area (Å²) < 4.78 is 12.2. The average molecular weight is 198 g/mol. The summed E-state index contributed by atoms with van der Waals surface area (Å²) in [4.78, 5) is 0. The van der Waals surface area contributed by atoms with Crippen molar-refractivity contribution < 1.29 is 9.47 Å². The predicted octanol–water partition coefficient (Wildman–Crippen LogP) is 1.55. The van der Waals surface area contributed by atoms with E-state index in [0.29, 0.717) is 6.61 Å². The zero-order valence-corrected chi connectivity index (χ0v) is 9.28. The van der Waals surface area contributed by atoms with Gasteiger partial charge in [0.15, 0.2) is 0 Å². The molecule has 1 heterocycles. The fourth-order valence-electron chi connectivity index (χ4n) is 1.39. The van der Waals surface area contributed by atoms with Crippen molar-refractivity contribution in [2.24, 2.45) is 0 Å². The van der Waals surface area contributed by atoms with Gasteiger partial charge in [0.2, 0.25) is 0 Å². The van der Waals surface area contributed by atoms with E-state index in [9.17, 15) is 0 Å². The van der Waals surface area contributed by atoms with Crippen LogP contribution in [0.3, 0.4) is 0 Å². The van der Waals surface area contributed by atoms with E-state index in [1.54, 1.807) is 14.2 Å². The number of ether oxygens (including phenoxy) is 2. The summed E-state index contributed by atoms with van der Waals surface area (Å²) in [7, 11) is 3.40. The molecule has 0 aromatic carbocycles. The Kier molecular flexibility index (Phi) is 4.10. The average Bonchev–Trinajstić information content (AvgIpc) is 2.56. The molecule has 0 aliphatic carbocycles. The summed E-state index contributed by atoms with van der Waals surface area (Å²) in [6.07, 6.45) is 1.96. The standard InChI is InChI=1S/C10H18N2O2/c1-8-10(9(2)14-4)7-11-12(8)5-6-13-3/h7,9H,5-6H2,1-4H3/t9-/m1/s1. The lowest BCUT2D eigenvalue weighted by Crippen LogP contribution is -2.08. The SMILES string of the molecule is COCCn1ncc([C@@H](C)OC)c1C. The topological polar surface area (TPSA) is 36.3 Å². The van der Waals surface area contributed by atoms with Gasteiger partial charge in [-0.1, -0.05) is 0 Å². The number of hydrogen-bond donors (Lipinski definition) is 0. The minimum Gasteiger partial charge on any atom is -0.383 e. The maximum atomic E-state index is 5.25. The first kappa shape index (κ1) is 11.2. The Labute approximate surface area is 84.8 Å². The van der Waals surface area contributed by atoms with Crippen LogP contribution < -0.4 is 0 Å². The van der Waals surface area contributed by atoms with E-state index in [4.69, 9.17) is 9.47 Å². The van der Waals surface area contributed by atoms with E-state index in [1.807, 2.05) is 24.7 Å². The van der Waals surface area contributed by atoms with Crippen LogP contribution in [0, 0.1) is 6.92 Å². The lowest BCUT2D eigenvalue weighted by Gasteiger charge is -2.09.